The van der Waals surface area contributed by atoms with Gasteiger partial charge in [0, 0.05) is 74.7 Å². The zero-order chi connectivity index (χ0) is 45.6. The minimum absolute atomic E-state index is 0.181. The summed E-state index contributed by atoms with van der Waals surface area (Å²) in [6.07, 6.45) is 6.70. The molecular formula is C50H52N10O6. The Hall–Kier alpha value is -7.62. The Morgan fingerprint density at radius 2 is 1.03 bits per heavy atom. The van der Waals surface area contributed by atoms with Crippen LogP contribution in [0.25, 0.3) is 33.6 Å². The lowest BCUT2D eigenvalue weighted by Gasteiger charge is -2.30. The fourth-order valence-corrected chi connectivity index (χ4v) is 9.63. The normalized spacial score (nSPS) is 17.8. The van der Waals surface area contributed by atoms with Crippen molar-refractivity contribution in [2.24, 2.45) is 0 Å². The summed E-state index contributed by atoms with van der Waals surface area (Å²) in [4.78, 5) is 77.1. The second kappa shape index (κ2) is 17.4. The number of nitrogens with one attached hydrogen (secondary N) is 4. The molecule has 0 bridgehead atoms. The van der Waals surface area contributed by atoms with Gasteiger partial charge in [0.05, 0.1) is 35.9 Å². The van der Waals surface area contributed by atoms with E-state index in [9.17, 15) is 19.2 Å². The molecule has 4 atom stereocenters. The zero-order valence-corrected chi connectivity index (χ0v) is 37.3. The number of amides is 6. The molecule has 0 spiro atoms. The molecule has 2 aromatic heterocycles. The van der Waals surface area contributed by atoms with Gasteiger partial charge in [-0.05, 0) is 61.1 Å². The summed E-state index contributed by atoms with van der Waals surface area (Å²) < 4.78 is 13.0. The average molecular weight is 889 g/mol. The molecule has 4 aliphatic rings. The highest BCUT2D eigenvalue weighted by atomic mass is 16.5. The summed E-state index contributed by atoms with van der Waals surface area (Å²) in [5, 5.41) is 5.84. The van der Waals surface area contributed by atoms with Gasteiger partial charge in [0.2, 0.25) is 11.8 Å². The molecule has 0 aliphatic carbocycles. The van der Waals surface area contributed by atoms with Gasteiger partial charge in [0.15, 0.2) is 0 Å². The Morgan fingerprint density at radius 3 is 1.42 bits per heavy atom. The lowest BCUT2D eigenvalue weighted by Crippen LogP contribution is -2.45. The van der Waals surface area contributed by atoms with E-state index in [0.29, 0.717) is 49.1 Å². The van der Waals surface area contributed by atoms with E-state index < -0.39 is 12.1 Å². The fourth-order valence-electron chi connectivity index (χ4n) is 9.63. The summed E-state index contributed by atoms with van der Waals surface area (Å²) in [7, 11) is 6.61. The smallest absolute Gasteiger partial charge is 0.317 e. The molecule has 16 nitrogen and oxygen atoms in total. The molecule has 66 heavy (non-hydrogen) atoms. The van der Waals surface area contributed by atoms with Crippen molar-refractivity contribution in [3.8, 4) is 45.1 Å². The number of ether oxygens (including phenoxy) is 2. The molecule has 2 fully saturated rings. The monoisotopic (exact) mass is 888 g/mol. The van der Waals surface area contributed by atoms with Crippen molar-refractivity contribution in [1.29, 1.82) is 0 Å². The standard InChI is InChI=1S/C50H52N10O6/c1-57(2)49(63)55-43(29-13-7-5-8-14-29)47(61)59-19-11-17-37(59)45-51-25-35(53-45)31-21-33-27-66-40-24-32(22-34-28-65-39(23-31)41(33)42(34)40)36-26-52-46(54-36)38-18-12-20-60(38)48(62)44(56-50(64)58(3)4)30-15-9-6-10-16-30/h5-10,13-16,21-26,37-38,43-44H,11-12,17-20,27-28H2,1-4H3,(H,51,53)(H,52,54)(H,55,63)(H,56,64)/t37-,38-,43+,44+/m0/s1. The molecule has 16 heteroatoms. The summed E-state index contributed by atoms with van der Waals surface area (Å²) in [6.45, 7) is 1.77. The van der Waals surface area contributed by atoms with Crippen molar-refractivity contribution in [2.45, 2.75) is 63.1 Å². The number of urea groups is 2. The fraction of sp³-hybridized carbons (Fsp3) is 0.320. The Kier molecular flexibility index (Phi) is 11.2. The predicted octanol–water partition coefficient (Wildman–Crippen LogP) is 7.27. The van der Waals surface area contributed by atoms with Gasteiger partial charge in [0.25, 0.3) is 0 Å². The minimum Gasteiger partial charge on any atom is -0.488 e. The summed E-state index contributed by atoms with van der Waals surface area (Å²) in [6, 6.07) is 24.0. The Morgan fingerprint density at radius 1 is 0.621 bits per heavy atom. The molecule has 338 valence electrons. The highest BCUT2D eigenvalue weighted by Gasteiger charge is 2.39. The van der Waals surface area contributed by atoms with Crippen molar-refractivity contribution in [3.63, 3.8) is 0 Å². The van der Waals surface area contributed by atoms with Gasteiger partial charge in [0.1, 0.15) is 48.4 Å². The maximum absolute atomic E-state index is 14.2. The molecule has 0 saturated carbocycles. The van der Waals surface area contributed by atoms with Gasteiger partial charge in [-0.1, -0.05) is 60.7 Å². The van der Waals surface area contributed by atoms with Crippen molar-refractivity contribution < 1.29 is 28.7 Å². The van der Waals surface area contributed by atoms with Gasteiger partial charge in [-0.2, -0.15) is 0 Å². The molecule has 10 rings (SSSR count). The maximum Gasteiger partial charge on any atom is 0.317 e. The van der Waals surface area contributed by atoms with E-state index in [1.807, 2.05) is 82.6 Å². The second-order valence-corrected chi connectivity index (χ2v) is 17.7. The van der Waals surface area contributed by atoms with Crippen molar-refractivity contribution in [1.82, 2.24) is 50.2 Å². The molecule has 4 aliphatic heterocycles. The van der Waals surface area contributed by atoms with Gasteiger partial charge in [-0.3, -0.25) is 9.59 Å². The number of hydrogen-bond acceptors (Lipinski definition) is 8. The number of hydrogen-bond donors (Lipinski definition) is 4. The summed E-state index contributed by atoms with van der Waals surface area (Å²) in [5.74, 6) is 2.52. The summed E-state index contributed by atoms with van der Waals surface area (Å²) in [5.41, 5.74) is 8.81. The molecule has 4 aromatic carbocycles. The van der Waals surface area contributed by atoms with Crippen molar-refractivity contribution in [3.05, 3.63) is 131 Å². The van der Waals surface area contributed by atoms with E-state index in [-0.39, 0.29) is 36.0 Å². The topological polar surface area (TPSA) is 181 Å². The van der Waals surface area contributed by atoms with Crippen molar-refractivity contribution >= 4 is 23.9 Å². The number of nitrogens with zero attached hydrogens (tertiary/aromatic N) is 6. The number of imidazole rings is 2. The van der Waals surface area contributed by atoms with Crippen LogP contribution in [0.5, 0.6) is 11.5 Å². The molecule has 0 unspecified atom stereocenters. The lowest BCUT2D eigenvalue weighted by molar-refractivity contribution is -0.135. The van der Waals surface area contributed by atoms with E-state index in [4.69, 9.17) is 19.4 Å². The number of carbonyl (C=O) groups excluding carboxylic acids is 4. The van der Waals surface area contributed by atoms with E-state index in [1.54, 1.807) is 40.6 Å². The molecule has 0 radical (unpaired) electrons. The maximum atomic E-state index is 14.2. The van der Waals surface area contributed by atoms with Crippen LogP contribution >= 0.6 is 0 Å². The van der Waals surface area contributed by atoms with E-state index in [0.717, 1.165) is 82.0 Å². The van der Waals surface area contributed by atoms with Crippen LogP contribution in [-0.4, -0.2) is 105 Å². The zero-order valence-electron chi connectivity index (χ0n) is 37.3. The van der Waals surface area contributed by atoms with Gasteiger partial charge in [-0.25, -0.2) is 19.6 Å². The van der Waals surface area contributed by atoms with Crippen LogP contribution in [0.2, 0.25) is 0 Å². The Labute approximate surface area is 382 Å². The number of likely N-dealkylation sites (tertiary alicyclic amines) is 2. The SMILES string of the molecule is CN(C)C(=O)N[C@@H](C(=O)N1CCC[C@H]1c1ncc(-c2cc3c4c(c2)OCc2cc(-c5cnc([C@@H]6CCCN6C(=O)[C@H](NC(=O)N(C)C)c6ccccc6)[nH]5)cc(c2-4)OC3)[nH]1)c1ccccc1. The van der Waals surface area contributed by atoms with Crippen LogP contribution in [-0.2, 0) is 22.8 Å². The van der Waals surface area contributed by atoms with Crippen LogP contribution in [0, 0.1) is 0 Å². The van der Waals surface area contributed by atoms with Gasteiger partial charge >= 0.3 is 12.1 Å². The van der Waals surface area contributed by atoms with Crippen LogP contribution in [0.3, 0.4) is 0 Å². The van der Waals surface area contributed by atoms with Crippen LogP contribution in [0.1, 0.15) is 83.8 Å². The highest BCUT2D eigenvalue weighted by Crippen LogP contribution is 2.51. The first kappa shape index (κ1) is 42.3. The Bertz CT molecular complexity index is 2580. The third kappa shape index (κ3) is 7.85. The quantitative estimate of drug-likeness (QED) is 0.111. The molecule has 4 N–H and O–H groups in total. The largest absolute Gasteiger partial charge is 0.488 e. The first-order valence-corrected chi connectivity index (χ1v) is 22.4. The minimum atomic E-state index is -0.840. The predicted molar refractivity (Wildman–Crippen MR) is 246 cm³/mol. The van der Waals surface area contributed by atoms with Gasteiger partial charge in [-0.15, -0.1) is 0 Å². The number of rotatable bonds is 10. The average Bonchev–Trinajstić information content (AvgIpc) is 4.19. The second-order valence-electron chi connectivity index (χ2n) is 17.7. The summed E-state index contributed by atoms with van der Waals surface area (Å²) >= 11 is 0. The van der Waals surface area contributed by atoms with Crippen LogP contribution in [0.4, 0.5) is 9.59 Å². The van der Waals surface area contributed by atoms with E-state index >= 15 is 0 Å². The third-order valence-corrected chi connectivity index (χ3v) is 13.0. The number of benzene rings is 4. The molecular weight excluding hydrogens is 837 g/mol. The number of carbonyl (C=O) groups is 4. The van der Waals surface area contributed by atoms with E-state index in [1.165, 1.54) is 9.80 Å². The number of aromatic amines is 2. The Balaban J connectivity index is 0.876. The highest BCUT2D eigenvalue weighted by molar-refractivity contribution is 5.91. The van der Waals surface area contributed by atoms with E-state index in [2.05, 4.69) is 32.7 Å². The number of H-pyrrole nitrogens is 2. The van der Waals surface area contributed by atoms with Crippen molar-refractivity contribution in [2.75, 3.05) is 41.3 Å². The third-order valence-electron chi connectivity index (χ3n) is 13.0. The van der Waals surface area contributed by atoms with Crippen LogP contribution < -0.4 is 20.1 Å². The van der Waals surface area contributed by atoms with Crippen LogP contribution in [0.15, 0.2) is 97.3 Å². The first-order valence-electron chi connectivity index (χ1n) is 22.4. The molecule has 6 heterocycles. The van der Waals surface area contributed by atoms with Gasteiger partial charge < -0.3 is 49.7 Å². The lowest BCUT2D eigenvalue weighted by atomic mass is 9.87. The molecule has 6 amide bonds. The first-order chi connectivity index (χ1) is 32.0. The number of aromatic nitrogens is 4. The molecule has 6 aromatic rings. The molecule has 2 saturated heterocycles.